The smallest absolute Gasteiger partial charge is 0.225 e. The molecule has 3 N–H and O–H groups in total. The molecule has 1 aliphatic carbocycles. The van der Waals surface area contributed by atoms with Gasteiger partial charge in [0, 0.05) is 31.6 Å². The SMILES string of the molecule is CCNC(=NCCCC1CCCC1)NCCNC(=O)C(C)(C)C. The van der Waals surface area contributed by atoms with E-state index >= 15 is 0 Å². The van der Waals surface area contributed by atoms with Crippen LogP contribution in [0.1, 0.15) is 66.2 Å². The summed E-state index contributed by atoms with van der Waals surface area (Å²) in [6.45, 7) is 10.9. The van der Waals surface area contributed by atoms with Gasteiger partial charge in [0.05, 0.1) is 0 Å². The lowest BCUT2D eigenvalue weighted by atomic mass is 9.96. The Morgan fingerprint density at radius 3 is 2.35 bits per heavy atom. The van der Waals surface area contributed by atoms with Gasteiger partial charge in [0.1, 0.15) is 0 Å². The van der Waals surface area contributed by atoms with E-state index in [9.17, 15) is 4.79 Å². The molecule has 0 spiro atoms. The maximum absolute atomic E-state index is 11.8. The van der Waals surface area contributed by atoms with Crippen LogP contribution < -0.4 is 16.0 Å². The molecule has 0 heterocycles. The highest BCUT2D eigenvalue weighted by atomic mass is 16.2. The summed E-state index contributed by atoms with van der Waals surface area (Å²) >= 11 is 0. The lowest BCUT2D eigenvalue weighted by Crippen LogP contribution is -2.43. The number of amides is 1. The van der Waals surface area contributed by atoms with E-state index in [1.165, 1.54) is 38.5 Å². The fraction of sp³-hybridized carbons (Fsp3) is 0.889. The average molecular weight is 325 g/mol. The standard InChI is InChI=1S/C18H36N4O/c1-5-19-17(21-12-8-11-15-9-6-7-10-15)22-14-13-20-16(23)18(2,3)4/h15H,5-14H2,1-4H3,(H,20,23)(H2,19,21,22). The molecule has 1 fully saturated rings. The van der Waals surface area contributed by atoms with E-state index < -0.39 is 0 Å². The molecule has 0 aromatic carbocycles. The predicted octanol–water partition coefficient (Wildman–Crippen LogP) is 2.67. The van der Waals surface area contributed by atoms with E-state index in [0.29, 0.717) is 13.1 Å². The first-order valence-electron chi connectivity index (χ1n) is 9.24. The van der Waals surface area contributed by atoms with Crippen molar-refractivity contribution in [2.45, 2.75) is 66.2 Å². The van der Waals surface area contributed by atoms with Gasteiger partial charge < -0.3 is 16.0 Å². The van der Waals surface area contributed by atoms with Crippen LogP contribution >= 0.6 is 0 Å². The van der Waals surface area contributed by atoms with E-state index in [4.69, 9.17) is 0 Å². The summed E-state index contributed by atoms with van der Waals surface area (Å²) in [6, 6.07) is 0. The van der Waals surface area contributed by atoms with Gasteiger partial charge in [0.25, 0.3) is 0 Å². The van der Waals surface area contributed by atoms with Crippen molar-refractivity contribution >= 4 is 11.9 Å². The molecule has 134 valence electrons. The molecule has 0 bridgehead atoms. The third-order valence-electron chi connectivity index (χ3n) is 4.24. The van der Waals surface area contributed by atoms with Gasteiger partial charge in [-0.05, 0) is 25.7 Å². The Bertz CT molecular complexity index is 368. The van der Waals surface area contributed by atoms with E-state index in [-0.39, 0.29) is 11.3 Å². The molecule has 1 aliphatic rings. The maximum atomic E-state index is 11.8. The first kappa shape index (κ1) is 19.8. The molecular formula is C18H36N4O. The molecule has 0 aromatic heterocycles. The largest absolute Gasteiger partial charge is 0.357 e. The van der Waals surface area contributed by atoms with Crippen molar-refractivity contribution in [3.63, 3.8) is 0 Å². The van der Waals surface area contributed by atoms with Crippen LogP contribution in [0.4, 0.5) is 0 Å². The molecule has 0 atom stereocenters. The lowest BCUT2D eigenvalue weighted by Gasteiger charge is -2.18. The lowest BCUT2D eigenvalue weighted by molar-refractivity contribution is -0.128. The topological polar surface area (TPSA) is 65.5 Å². The van der Waals surface area contributed by atoms with Crippen LogP contribution in [-0.4, -0.2) is 38.0 Å². The number of carbonyl (C=O) groups excluding carboxylic acids is 1. The Labute approximate surface area is 142 Å². The van der Waals surface area contributed by atoms with Crippen LogP contribution in [0.3, 0.4) is 0 Å². The number of aliphatic imine (C=N–C) groups is 1. The second-order valence-electron chi connectivity index (χ2n) is 7.49. The van der Waals surface area contributed by atoms with Crippen molar-refractivity contribution in [3.05, 3.63) is 0 Å². The van der Waals surface area contributed by atoms with Gasteiger partial charge in [-0.3, -0.25) is 9.79 Å². The molecule has 0 saturated heterocycles. The number of rotatable bonds is 8. The molecule has 5 heteroatoms. The molecule has 5 nitrogen and oxygen atoms in total. The zero-order valence-electron chi connectivity index (χ0n) is 15.5. The number of guanidine groups is 1. The zero-order chi connectivity index (χ0) is 17.1. The summed E-state index contributed by atoms with van der Waals surface area (Å²) in [6.07, 6.45) is 8.13. The van der Waals surface area contributed by atoms with E-state index in [0.717, 1.165) is 25.0 Å². The van der Waals surface area contributed by atoms with Gasteiger partial charge >= 0.3 is 0 Å². The van der Waals surface area contributed by atoms with Gasteiger partial charge in [-0.25, -0.2) is 0 Å². The average Bonchev–Trinajstić information content (AvgIpc) is 2.99. The Hall–Kier alpha value is -1.26. The highest BCUT2D eigenvalue weighted by molar-refractivity contribution is 5.81. The molecule has 0 aliphatic heterocycles. The van der Waals surface area contributed by atoms with Gasteiger partial charge in [0.2, 0.25) is 5.91 Å². The first-order chi connectivity index (χ1) is 10.9. The highest BCUT2D eigenvalue weighted by Crippen LogP contribution is 2.28. The van der Waals surface area contributed by atoms with Crippen LogP contribution in [0.15, 0.2) is 4.99 Å². The second-order valence-corrected chi connectivity index (χ2v) is 7.49. The molecule has 0 aromatic rings. The Morgan fingerprint density at radius 1 is 1.09 bits per heavy atom. The number of hydrogen-bond donors (Lipinski definition) is 3. The number of nitrogens with one attached hydrogen (secondary N) is 3. The third-order valence-corrected chi connectivity index (χ3v) is 4.24. The Morgan fingerprint density at radius 2 is 1.74 bits per heavy atom. The molecule has 0 unspecified atom stereocenters. The third kappa shape index (κ3) is 8.82. The van der Waals surface area contributed by atoms with E-state index in [2.05, 4.69) is 27.9 Å². The van der Waals surface area contributed by atoms with Crippen molar-refractivity contribution < 1.29 is 4.79 Å². The highest BCUT2D eigenvalue weighted by Gasteiger charge is 2.20. The van der Waals surface area contributed by atoms with Crippen molar-refractivity contribution in [1.82, 2.24) is 16.0 Å². The second kappa shape index (κ2) is 10.5. The summed E-state index contributed by atoms with van der Waals surface area (Å²) in [5, 5.41) is 9.48. The summed E-state index contributed by atoms with van der Waals surface area (Å²) in [7, 11) is 0. The van der Waals surface area contributed by atoms with Crippen molar-refractivity contribution in [2.75, 3.05) is 26.2 Å². The Balaban J connectivity index is 2.19. The molecule has 23 heavy (non-hydrogen) atoms. The molecule has 1 amide bonds. The number of nitrogens with zero attached hydrogens (tertiary/aromatic N) is 1. The van der Waals surface area contributed by atoms with Crippen molar-refractivity contribution in [1.29, 1.82) is 0 Å². The van der Waals surface area contributed by atoms with Gasteiger partial charge in [-0.1, -0.05) is 46.5 Å². The zero-order valence-corrected chi connectivity index (χ0v) is 15.5. The predicted molar refractivity (Wildman–Crippen MR) is 97.6 cm³/mol. The summed E-state index contributed by atoms with van der Waals surface area (Å²) in [5.41, 5.74) is -0.334. The van der Waals surface area contributed by atoms with Gasteiger partial charge in [-0.2, -0.15) is 0 Å². The van der Waals surface area contributed by atoms with Crippen LogP contribution in [0.5, 0.6) is 0 Å². The van der Waals surface area contributed by atoms with Crippen molar-refractivity contribution in [3.8, 4) is 0 Å². The first-order valence-corrected chi connectivity index (χ1v) is 9.24. The quantitative estimate of drug-likeness (QED) is 0.365. The number of hydrogen-bond acceptors (Lipinski definition) is 2. The van der Waals surface area contributed by atoms with E-state index in [1.54, 1.807) is 0 Å². The maximum Gasteiger partial charge on any atom is 0.225 e. The summed E-state index contributed by atoms with van der Waals surface area (Å²) in [5.74, 6) is 1.87. The number of carbonyl (C=O) groups is 1. The van der Waals surface area contributed by atoms with Crippen LogP contribution in [0.25, 0.3) is 0 Å². The van der Waals surface area contributed by atoms with Crippen LogP contribution in [-0.2, 0) is 4.79 Å². The fourth-order valence-corrected chi connectivity index (χ4v) is 2.83. The van der Waals surface area contributed by atoms with Crippen molar-refractivity contribution in [2.24, 2.45) is 16.3 Å². The van der Waals surface area contributed by atoms with E-state index in [1.807, 2.05) is 20.8 Å². The summed E-state index contributed by atoms with van der Waals surface area (Å²) in [4.78, 5) is 16.4. The van der Waals surface area contributed by atoms with Gasteiger partial charge in [-0.15, -0.1) is 0 Å². The molecule has 0 radical (unpaired) electrons. The van der Waals surface area contributed by atoms with Crippen LogP contribution in [0.2, 0.25) is 0 Å². The minimum atomic E-state index is -0.334. The summed E-state index contributed by atoms with van der Waals surface area (Å²) < 4.78 is 0. The minimum Gasteiger partial charge on any atom is -0.357 e. The fourth-order valence-electron chi connectivity index (χ4n) is 2.83. The Kier molecular flexibility index (Phi) is 9.03. The molecule has 1 rings (SSSR count). The molecule has 1 saturated carbocycles. The minimum absolute atomic E-state index is 0.0813. The monoisotopic (exact) mass is 324 g/mol. The van der Waals surface area contributed by atoms with Crippen LogP contribution in [0, 0.1) is 11.3 Å². The normalized spacial score (nSPS) is 16.4. The molecular weight excluding hydrogens is 288 g/mol. The van der Waals surface area contributed by atoms with Gasteiger partial charge in [0.15, 0.2) is 5.96 Å².